The van der Waals surface area contributed by atoms with Gasteiger partial charge in [-0.3, -0.25) is 14.8 Å². The van der Waals surface area contributed by atoms with Crippen LogP contribution in [0, 0.1) is 0 Å². The molecule has 2 aliphatic heterocycles. The number of rotatable bonds is 5. The number of ether oxygens (including phenoxy) is 1. The average Bonchev–Trinajstić information content (AvgIpc) is 2.81. The molecule has 5 heteroatoms. The van der Waals surface area contributed by atoms with Crippen LogP contribution in [-0.2, 0) is 11.3 Å². The first-order valence-corrected chi connectivity index (χ1v) is 9.31. The minimum atomic E-state index is 0.222. The number of hydrogen-bond acceptors (Lipinski definition) is 5. The molecule has 24 heavy (non-hydrogen) atoms. The smallest absolute Gasteiger partial charge is 0.0594 e. The second kappa shape index (κ2) is 8.39. The fourth-order valence-corrected chi connectivity index (χ4v) is 3.88. The Kier molecular flexibility index (Phi) is 6.22. The topological polar surface area (TPSA) is 31.8 Å². The van der Waals surface area contributed by atoms with E-state index in [9.17, 15) is 0 Å². The van der Waals surface area contributed by atoms with Gasteiger partial charge in [0, 0.05) is 51.0 Å². The molecule has 0 saturated carbocycles. The van der Waals surface area contributed by atoms with Gasteiger partial charge in [0.1, 0.15) is 0 Å². The van der Waals surface area contributed by atoms with Crippen LogP contribution < -0.4 is 0 Å². The molecule has 2 fully saturated rings. The van der Waals surface area contributed by atoms with Crippen LogP contribution in [0.25, 0.3) is 0 Å². The van der Waals surface area contributed by atoms with E-state index < -0.39 is 0 Å². The van der Waals surface area contributed by atoms with Crippen molar-refractivity contribution in [3.63, 3.8) is 0 Å². The third kappa shape index (κ3) is 4.99. The average molecular weight is 332 g/mol. The summed E-state index contributed by atoms with van der Waals surface area (Å²) in [6.07, 6.45) is 3.14. The van der Waals surface area contributed by atoms with E-state index >= 15 is 0 Å². The Morgan fingerprint density at radius 2 is 1.75 bits per heavy atom. The van der Waals surface area contributed by atoms with Gasteiger partial charge < -0.3 is 9.64 Å². The lowest BCUT2D eigenvalue weighted by Gasteiger charge is -2.43. The third-order valence-corrected chi connectivity index (χ3v) is 5.27. The second-order valence-electron chi connectivity index (χ2n) is 7.64. The highest BCUT2D eigenvalue weighted by molar-refractivity contribution is 5.03. The first kappa shape index (κ1) is 17.8. The molecular weight excluding hydrogens is 300 g/mol. The first-order valence-electron chi connectivity index (χ1n) is 9.31. The fraction of sp³-hybridized carbons (Fsp3) is 0.737. The minimum absolute atomic E-state index is 0.222. The Morgan fingerprint density at radius 1 is 1.00 bits per heavy atom. The molecule has 0 aliphatic carbocycles. The zero-order valence-corrected chi connectivity index (χ0v) is 15.3. The molecule has 3 rings (SSSR count). The molecule has 0 aromatic carbocycles. The lowest BCUT2D eigenvalue weighted by Crippen LogP contribution is -2.55. The van der Waals surface area contributed by atoms with Crippen LogP contribution >= 0.6 is 0 Å². The second-order valence-corrected chi connectivity index (χ2v) is 7.64. The van der Waals surface area contributed by atoms with E-state index in [1.807, 2.05) is 12.3 Å². The van der Waals surface area contributed by atoms with E-state index in [1.165, 1.54) is 25.2 Å². The van der Waals surface area contributed by atoms with Gasteiger partial charge in [-0.1, -0.05) is 6.07 Å². The molecule has 134 valence electrons. The van der Waals surface area contributed by atoms with Crippen LogP contribution in [0.3, 0.4) is 0 Å². The molecule has 0 radical (unpaired) electrons. The van der Waals surface area contributed by atoms with E-state index in [4.69, 9.17) is 4.74 Å². The monoisotopic (exact) mass is 332 g/mol. The van der Waals surface area contributed by atoms with Gasteiger partial charge in [-0.15, -0.1) is 0 Å². The molecule has 5 nitrogen and oxygen atoms in total. The van der Waals surface area contributed by atoms with Gasteiger partial charge in [0.25, 0.3) is 0 Å². The number of hydrogen-bond donors (Lipinski definition) is 0. The zero-order chi connectivity index (χ0) is 16.8. The van der Waals surface area contributed by atoms with Crippen molar-refractivity contribution in [3.05, 3.63) is 30.1 Å². The van der Waals surface area contributed by atoms with Gasteiger partial charge in [-0.2, -0.15) is 0 Å². The molecule has 1 aromatic heterocycles. The maximum Gasteiger partial charge on any atom is 0.0594 e. The van der Waals surface area contributed by atoms with Crippen molar-refractivity contribution < 1.29 is 4.74 Å². The van der Waals surface area contributed by atoms with Crippen molar-refractivity contribution in [2.24, 2.45) is 0 Å². The Balaban J connectivity index is 1.49. The molecular formula is C19H32N4O. The Morgan fingerprint density at radius 3 is 2.50 bits per heavy atom. The molecule has 2 saturated heterocycles. The molecule has 0 N–H and O–H groups in total. The summed E-state index contributed by atoms with van der Waals surface area (Å²) in [5.41, 5.74) is 1.40. The summed E-state index contributed by atoms with van der Waals surface area (Å²) >= 11 is 0. The fourth-order valence-electron chi connectivity index (χ4n) is 3.88. The summed E-state index contributed by atoms with van der Waals surface area (Å²) in [4.78, 5) is 12.3. The Hall–Kier alpha value is -1.01. The molecule has 1 aromatic rings. The summed E-state index contributed by atoms with van der Waals surface area (Å²) in [6, 6.07) is 6.20. The maximum atomic E-state index is 5.51. The maximum absolute atomic E-state index is 5.51. The zero-order valence-electron chi connectivity index (χ0n) is 15.3. The predicted molar refractivity (Wildman–Crippen MR) is 97.0 cm³/mol. The van der Waals surface area contributed by atoms with Crippen LogP contribution in [0.2, 0.25) is 0 Å². The summed E-state index contributed by atoms with van der Waals surface area (Å²) < 4.78 is 5.51. The molecule has 0 spiro atoms. The summed E-state index contributed by atoms with van der Waals surface area (Å²) in [7, 11) is 0. The van der Waals surface area contributed by atoms with Crippen molar-refractivity contribution in [2.75, 3.05) is 59.0 Å². The third-order valence-electron chi connectivity index (χ3n) is 5.27. The van der Waals surface area contributed by atoms with Crippen LogP contribution in [0.1, 0.15) is 26.0 Å². The number of nitrogens with zero attached hydrogens (tertiary/aromatic N) is 4. The van der Waals surface area contributed by atoms with Crippen LogP contribution in [0.5, 0.6) is 0 Å². The van der Waals surface area contributed by atoms with Gasteiger partial charge in [0.2, 0.25) is 0 Å². The van der Waals surface area contributed by atoms with E-state index in [2.05, 4.69) is 45.7 Å². The van der Waals surface area contributed by atoms with Gasteiger partial charge >= 0.3 is 0 Å². The van der Waals surface area contributed by atoms with Crippen molar-refractivity contribution in [1.82, 2.24) is 19.7 Å². The number of aromatic nitrogens is 1. The Labute approximate surface area is 146 Å². The lowest BCUT2D eigenvalue weighted by atomic mass is 10.0. The van der Waals surface area contributed by atoms with Crippen LogP contribution in [0.4, 0.5) is 0 Å². The van der Waals surface area contributed by atoms with Crippen LogP contribution in [0.15, 0.2) is 24.4 Å². The largest absolute Gasteiger partial charge is 0.379 e. The lowest BCUT2D eigenvalue weighted by molar-refractivity contribution is -0.0213. The van der Waals surface area contributed by atoms with E-state index in [-0.39, 0.29) is 5.54 Å². The molecule has 0 unspecified atom stereocenters. The van der Waals surface area contributed by atoms with Gasteiger partial charge in [-0.05, 0) is 45.5 Å². The van der Waals surface area contributed by atoms with Gasteiger partial charge in [0.15, 0.2) is 0 Å². The molecule has 3 heterocycles. The Bertz CT molecular complexity index is 487. The standard InChI is InChI=1S/C19H32N4O/c1-19(2,23-12-14-24-15-13-23)17-22-9-5-8-21(10-11-22)16-18-6-3-4-7-20-18/h3-4,6-7H,5,8-17H2,1-2H3. The molecule has 0 amide bonds. The summed E-state index contributed by atoms with van der Waals surface area (Å²) in [5.74, 6) is 0. The van der Waals surface area contributed by atoms with E-state index in [0.717, 1.165) is 52.5 Å². The normalized spacial score (nSPS) is 22.4. The highest BCUT2D eigenvalue weighted by atomic mass is 16.5. The van der Waals surface area contributed by atoms with Crippen LogP contribution in [-0.4, -0.2) is 84.2 Å². The minimum Gasteiger partial charge on any atom is -0.379 e. The highest BCUT2D eigenvalue weighted by Gasteiger charge is 2.30. The number of morpholine rings is 1. The van der Waals surface area contributed by atoms with Gasteiger partial charge in [0.05, 0.1) is 18.9 Å². The number of pyridine rings is 1. The summed E-state index contributed by atoms with van der Waals surface area (Å²) in [5, 5.41) is 0. The van der Waals surface area contributed by atoms with Gasteiger partial charge in [-0.25, -0.2) is 0 Å². The molecule has 2 aliphatic rings. The first-order chi connectivity index (χ1) is 11.6. The van der Waals surface area contributed by atoms with E-state index in [0.29, 0.717) is 0 Å². The van der Waals surface area contributed by atoms with Crippen molar-refractivity contribution in [3.8, 4) is 0 Å². The molecule has 0 bridgehead atoms. The predicted octanol–water partition coefficient (Wildman–Crippen LogP) is 1.70. The SMILES string of the molecule is CC(C)(CN1CCCN(Cc2ccccn2)CC1)N1CCOCC1. The van der Waals surface area contributed by atoms with Crippen molar-refractivity contribution >= 4 is 0 Å². The van der Waals surface area contributed by atoms with Crippen molar-refractivity contribution in [2.45, 2.75) is 32.4 Å². The van der Waals surface area contributed by atoms with Crippen molar-refractivity contribution in [1.29, 1.82) is 0 Å². The highest BCUT2D eigenvalue weighted by Crippen LogP contribution is 2.19. The summed E-state index contributed by atoms with van der Waals surface area (Å²) in [6.45, 7) is 15.4. The van der Waals surface area contributed by atoms with E-state index in [1.54, 1.807) is 0 Å². The quantitative estimate of drug-likeness (QED) is 0.819. The molecule has 0 atom stereocenters.